The van der Waals surface area contributed by atoms with Crippen LogP contribution in [0.1, 0.15) is 0 Å². The third-order valence-corrected chi connectivity index (χ3v) is 0. The Morgan fingerprint density at radius 2 is 1.67 bits per heavy atom. The molecule has 4 heteroatoms. The summed E-state index contributed by atoms with van der Waals surface area (Å²) in [5.74, 6) is 0. The normalized spacial score (nSPS) is 3.50. The van der Waals surface area contributed by atoms with Crippen LogP contribution >= 0.6 is 0 Å². The summed E-state index contributed by atoms with van der Waals surface area (Å²) in [7, 11) is 0. The van der Waals surface area contributed by atoms with Gasteiger partial charge in [0.25, 0.3) is 0 Å². The fraction of sp³-hybridized carbons (Fsp3) is 0. The molecule has 0 amide bonds. The molecule has 0 aliphatic carbocycles. The predicted molar refractivity (Wildman–Crippen MR) is 11.4 cm³/mol. The first-order chi connectivity index (χ1) is 2.83. The summed E-state index contributed by atoms with van der Waals surface area (Å²) in [6.07, 6.45) is 1.00. The van der Waals surface area contributed by atoms with Gasteiger partial charge in [0.2, 0.25) is 0 Å². The van der Waals surface area contributed by atoms with Gasteiger partial charge in [-0.05, 0) is 0 Å². The number of hydrogen-bond acceptors (Lipinski definition) is 2. The third-order valence-electron chi connectivity index (χ3n) is 0. The Balaban J connectivity index is 0. The molecular formula is C2H2FO2Ti-. The first-order valence-electron chi connectivity index (χ1n) is 0.951. The van der Waals surface area contributed by atoms with Crippen molar-refractivity contribution < 1.29 is 30.1 Å². The van der Waals surface area contributed by atoms with Crippen molar-refractivity contribution in [2.75, 3.05) is 0 Å². The van der Waals surface area contributed by atoms with E-state index in [4.69, 9.17) is 6.65 Å². The molecule has 0 aromatic rings. The summed E-state index contributed by atoms with van der Waals surface area (Å²) in [5, 5.41) is 0. The molecule has 0 spiro atoms. The van der Waals surface area contributed by atoms with Gasteiger partial charge < -0.3 is 10.7 Å². The molecule has 0 saturated heterocycles. The van der Waals surface area contributed by atoms with Crippen LogP contribution in [0.4, 0.5) is 4.39 Å². The van der Waals surface area contributed by atoms with Crippen LogP contribution in [0.15, 0.2) is 6.58 Å². The van der Waals surface area contributed by atoms with E-state index in [0.717, 1.165) is 6.33 Å². The molecule has 0 N–H and O–H groups in total. The van der Waals surface area contributed by atoms with Gasteiger partial charge in [-0.1, -0.05) is 0 Å². The molecule has 0 aromatic carbocycles. The average molecular weight is 125 g/mol. The molecule has 2 nitrogen and oxygen atoms in total. The SMILES string of the molecule is C=[C-]F.[O]=[Ti]=[O]. The first kappa shape index (κ1) is 9.37. The van der Waals surface area contributed by atoms with E-state index in [1.54, 1.807) is 0 Å². The summed E-state index contributed by atoms with van der Waals surface area (Å²) in [5.41, 5.74) is 0. The molecule has 0 bridgehead atoms. The maximum atomic E-state index is 9.93. The molecule has 0 heterocycles. The minimum atomic E-state index is -2.00. The Bertz CT molecular complexity index is 56.6. The standard InChI is InChI=1S/C2H2F.2O.Ti/c1-2-3;;;/h1H2;;;/q-1;;;. The molecule has 0 atom stereocenters. The van der Waals surface area contributed by atoms with Gasteiger partial charge >= 0.3 is 25.7 Å². The fourth-order valence-corrected chi connectivity index (χ4v) is 0. The van der Waals surface area contributed by atoms with Gasteiger partial charge in [-0.2, -0.15) is 0 Å². The molecule has 0 rings (SSSR count). The van der Waals surface area contributed by atoms with E-state index in [1.807, 2.05) is 0 Å². The van der Waals surface area contributed by atoms with Crippen molar-refractivity contribution in [3.8, 4) is 0 Å². The summed E-state index contributed by atoms with van der Waals surface area (Å²) in [6, 6.07) is 0. The summed E-state index contributed by atoms with van der Waals surface area (Å²) < 4.78 is 26.9. The average Bonchev–Trinajstić information content (AvgIpc) is 1.39. The number of hydrogen-bond donors (Lipinski definition) is 0. The Morgan fingerprint density at radius 3 is 1.67 bits per heavy atom. The third kappa shape index (κ3) is 144000. The van der Waals surface area contributed by atoms with E-state index in [0.29, 0.717) is 0 Å². The van der Waals surface area contributed by atoms with Crippen molar-refractivity contribution in [3.05, 3.63) is 12.9 Å². The van der Waals surface area contributed by atoms with Crippen LogP contribution < -0.4 is 0 Å². The molecule has 0 unspecified atom stereocenters. The van der Waals surface area contributed by atoms with Gasteiger partial charge in [0.1, 0.15) is 0 Å². The van der Waals surface area contributed by atoms with Crippen molar-refractivity contribution in [3.63, 3.8) is 0 Å². The van der Waals surface area contributed by atoms with Crippen LogP contribution in [-0.2, 0) is 25.7 Å². The maximum absolute atomic E-state index is 9.93. The van der Waals surface area contributed by atoms with E-state index in [9.17, 15) is 4.39 Å². The first-order valence-corrected chi connectivity index (χ1v) is 2.23. The van der Waals surface area contributed by atoms with E-state index < -0.39 is 19.1 Å². The minimum absolute atomic E-state index is 1.00. The number of rotatable bonds is 0. The van der Waals surface area contributed by atoms with Gasteiger partial charge in [0.15, 0.2) is 0 Å². The van der Waals surface area contributed by atoms with Crippen LogP contribution in [0.3, 0.4) is 0 Å². The van der Waals surface area contributed by atoms with E-state index >= 15 is 0 Å². The van der Waals surface area contributed by atoms with Crippen molar-refractivity contribution in [2.24, 2.45) is 0 Å². The van der Waals surface area contributed by atoms with E-state index in [2.05, 4.69) is 6.58 Å². The van der Waals surface area contributed by atoms with Gasteiger partial charge in [0, 0.05) is 0 Å². The second kappa shape index (κ2) is 20.1. The Hall–Kier alpha value is -0.0157. The van der Waals surface area contributed by atoms with E-state index in [-0.39, 0.29) is 0 Å². The molecular weight excluding hydrogens is 123 g/mol. The fourth-order valence-electron chi connectivity index (χ4n) is 0. The van der Waals surface area contributed by atoms with Gasteiger partial charge in [0.05, 0.1) is 0 Å². The number of halogens is 1. The van der Waals surface area contributed by atoms with Crippen LogP contribution in [0.2, 0.25) is 0 Å². The zero-order valence-electron chi connectivity index (χ0n) is 2.90. The summed E-state index contributed by atoms with van der Waals surface area (Å²) >= 11 is -2.00. The molecule has 0 saturated carbocycles. The van der Waals surface area contributed by atoms with Crippen LogP contribution in [0, 0.1) is 6.33 Å². The molecule has 6 heavy (non-hydrogen) atoms. The van der Waals surface area contributed by atoms with Crippen molar-refractivity contribution in [1.29, 1.82) is 0 Å². The van der Waals surface area contributed by atoms with Gasteiger partial charge in [-0.3, -0.25) is 6.58 Å². The topological polar surface area (TPSA) is 34.1 Å². The van der Waals surface area contributed by atoms with Crippen LogP contribution in [0.25, 0.3) is 0 Å². The van der Waals surface area contributed by atoms with Gasteiger partial charge in [-0.15, -0.1) is 0 Å². The van der Waals surface area contributed by atoms with Gasteiger partial charge in [-0.25, -0.2) is 0 Å². The Labute approximate surface area is 43.6 Å². The monoisotopic (exact) mass is 125 g/mol. The second-order valence-electron chi connectivity index (χ2n) is 0.217. The van der Waals surface area contributed by atoms with Crippen molar-refractivity contribution >= 4 is 0 Å². The Morgan fingerprint density at radius 1 is 1.67 bits per heavy atom. The molecule has 0 aliphatic heterocycles. The molecule has 34 valence electrons. The van der Waals surface area contributed by atoms with Crippen molar-refractivity contribution in [1.82, 2.24) is 0 Å². The molecule has 0 aromatic heterocycles. The van der Waals surface area contributed by atoms with Crippen LogP contribution in [0.5, 0.6) is 0 Å². The zero-order valence-corrected chi connectivity index (χ0v) is 4.46. The van der Waals surface area contributed by atoms with Crippen LogP contribution in [-0.4, -0.2) is 0 Å². The molecule has 0 fully saturated rings. The predicted octanol–water partition coefficient (Wildman–Crippen LogP) is 0.662. The zero-order chi connectivity index (χ0) is 5.41. The summed E-state index contributed by atoms with van der Waals surface area (Å²) in [6.45, 7) is 2.57. The Kier molecular flexibility index (Phi) is 31.4. The van der Waals surface area contributed by atoms with E-state index in [1.165, 1.54) is 0 Å². The quantitative estimate of drug-likeness (QED) is 0.352. The second-order valence-corrected chi connectivity index (χ2v) is 0.477. The molecule has 0 radical (unpaired) electrons. The molecule has 0 aliphatic rings. The summed E-state index contributed by atoms with van der Waals surface area (Å²) in [4.78, 5) is 0. The van der Waals surface area contributed by atoms with Crippen molar-refractivity contribution in [2.45, 2.75) is 0 Å².